The maximum Gasteiger partial charge on any atom is 0.0926 e. The molecule has 2 aromatic rings. The molecule has 2 heteroatoms. The lowest BCUT2D eigenvalue weighted by atomic mass is 9.96. The minimum absolute atomic E-state index is 0.583. The van der Waals surface area contributed by atoms with Crippen LogP contribution in [-0.4, -0.2) is 9.78 Å². The minimum atomic E-state index is 0.583. The van der Waals surface area contributed by atoms with E-state index in [2.05, 4.69) is 44.2 Å². The summed E-state index contributed by atoms with van der Waals surface area (Å²) in [7, 11) is 1.97. The summed E-state index contributed by atoms with van der Waals surface area (Å²) in [5, 5.41) is 5.67. The summed E-state index contributed by atoms with van der Waals surface area (Å²) >= 11 is 0. The first kappa shape index (κ1) is 9.25. The predicted octanol–water partition coefficient (Wildman–Crippen LogP) is 3.01. The number of hydrogen-bond donors (Lipinski definition) is 0. The normalized spacial score (nSPS) is 11.5. The summed E-state index contributed by atoms with van der Waals surface area (Å²) in [6.07, 6.45) is 2.09. The SMILES string of the molecule is Cc1c(C(C)C)ccc2nn(C)cc12. The van der Waals surface area contributed by atoms with Gasteiger partial charge in [-0.25, -0.2) is 0 Å². The van der Waals surface area contributed by atoms with Gasteiger partial charge in [-0.05, 0) is 30.0 Å². The highest BCUT2D eigenvalue weighted by Gasteiger charge is 2.08. The van der Waals surface area contributed by atoms with Crippen molar-refractivity contribution in [2.75, 3.05) is 0 Å². The van der Waals surface area contributed by atoms with Crippen molar-refractivity contribution < 1.29 is 0 Å². The van der Waals surface area contributed by atoms with E-state index in [0.717, 1.165) is 5.52 Å². The van der Waals surface area contributed by atoms with Crippen LogP contribution in [0, 0.1) is 6.92 Å². The lowest BCUT2D eigenvalue weighted by Gasteiger charge is -2.09. The number of nitrogens with zero attached hydrogens (tertiary/aromatic N) is 2. The number of rotatable bonds is 1. The van der Waals surface area contributed by atoms with E-state index in [-0.39, 0.29) is 0 Å². The molecule has 2 rings (SSSR count). The van der Waals surface area contributed by atoms with Gasteiger partial charge in [-0.1, -0.05) is 19.9 Å². The first-order chi connectivity index (χ1) is 6.59. The van der Waals surface area contributed by atoms with Gasteiger partial charge in [0.05, 0.1) is 5.52 Å². The van der Waals surface area contributed by atoms with Gasteiger partial charge in [-0.3, -0.25) is 4.68 Å². The number of fused-ring (bicyclic) bond motifs is 1. The van der Waals surface area contributed by atoms with Gasteiger partial charge in [-0.15, -0.1) is 0 Å². The van der Waals surface area contributed by atoms with Crippen LogP contribution < -0.4 is 0 Å². The zero-order valence-electron chi connectivity index (χ0n) is 9.20. The molecule has 0 fully saturated rings. The molecule has 0 aliphatic carbocycles. The smallest absolute Gasteiger partial charge is 0.0926 e. The minimum Gasteiger partial charge on any atom is -0.275 e. The Hall–Kier alpha value is -1.31. The average Bonchev–Trinajstić information content (AvgIpc) is 2.46. The largest absolute Gasteiger partial charge is 0.275 e. The molecule has 0 spiro atoms. The Balaban J connectivity index is 2.74. The number of hydrogen-bond acceptors (Lipinski definition) is 1. The van der Waals surface area contributed by atoms with E-state index in [1.54, 1.807) is 0 Å². The van der Waals surface area contributed by atoms with Gasteiger partial charge in [0.25, 0.3) is 0 Å². The van der Waals surface area contributed by atoms with E-state index in [4.69, 9.17) is 0 Å². The van der Waals surface area contributed by atoms with E-state index < -0.39 is 0 Å². The number of aromatic nitrogens is 2. The molecule has 0 radical (unpaired) electrons. The molecular formula is C12H16N2. The van der Waals surface area contributed by atoms with Crippen molar-refractivity contribution in [2.45, 2.75) is 26.7 Å². The Morgan fingerprint density at radius 1 is 1.29 bits per heavy atom. The molecule has 1 heterocycles. The summed E-state index contributed by atoms with van der Waals surface area (Å²) < 4.78 is 1.88. The van der Waals surface area contributed by atoms with Crippen LogP contribution >= 0.6 is 0 Å². The van der Waals surface area contributed by atoms with Crippen molar-refractivity contribution in [3.05, 3.63) is 29.5 Å². The molecule has 0 unspecified atom stereocenters. The highest BCUT2D eigenvalue weighted by Crippen LogP contribution is 2.25. The van der Waals surface area contributed by atoms with Crippen LogP contribution in [0.1, 0.15) is 30.9 Å². The van der Waals surface area contributed by atoms with E-state index in [0.29, 0.717) is 5.92 Å². The Labute approximate surface area is 84.5 Å². The van der Waals surface area contributed by atoms with Crippen LogP contribution in [0.3, 0.4) is 0 Å². The molecule has 1 aromatic heterocycles. The Bertz CT molecular complexity index is 466. The fourth-order valence-corrected chi connectivity index (χ4v) is 1.99. The van der Waals surface area contributed by atoms with Crippen molar-refractivity contribution >= 4 is 10.9 Å². The lowest BCUT2D eigenvalue weighted by Crippen LogP contribution is -1.91. The van der Waals surface area contributed by atoms with E-state index in [9.17, 15) is 0 Å². The molecule has 0 saturated heterocycles. The zero-order chi connectivity index (χ0) is 10.3. The molecule has 0 amide bonds. The quantitative estimate of drug-likeness (QED) is 0.672. The van der Waals surface area contributed by atoms with Crippen LogP contribution in [0.2, 0.25) is 0 Å². The Kier molecular flexibility index (Phi) is 2.06. The number of benzene rings is 1. The van der Waals surface area contributed by atoms with Crippen LogP contribution in [0.5, 0.6) is 0 Å². The fourth-order valence-electron chi connectivity index (χ4n) is 1.99. The molecule has 0 aliphatic rings. The zero-order valence-corrected chi connectivity index (χ0v) is 9.20. The van der Waals surface area contributed by atoms with Crippen molar-refractivity contribution in [1.82, 2.24) is 9.78 Å². The maximum atomic E-state index is 4.39. The standard InChI is InChI=1S/C12H16N2/c1-8(2)10-5-6-12-11(9(10)3)7-14(4)13-12/h5-8H,1-4H3. The summed E-state index contributed by atoms with van der Waals surface area (Å²) in [6, 6.07) is 4.30. The molecule has 14 heavy (non-hydrogen) atoms. The molecule has 1 aromatic carbocycles. The van der Waals surface area contributed by atoms with Gasteiger partial charge in [-0.2, -0.15) is 5.10 Å². The monoisotopic (exact) mass is 188 g/mol. The lowest BCUT2D eigenvalue weighted by molar-refractivity contribution is 0.779. The average molecular weight is 188 g/mol. The summed E-state index contributed by atoms with van der Waals surface area (Å²) in [5.74, 6) is 0.583. The first-order valence-corrected chi connectivity index (χ1v) is 5.02. The van der Waals surface area contributed by atoms with E-state index in [1.807, 2.05) is 11.7 Å². The summed E-state index contributed by atoms with van der Waals surface area (Å²) in [6.45, 7) is 6.63. The maximum absolute atomic E-state index is 4.39. The second-order valence-electron chi connectivity index (χ2n) is 4.17. The molecule has 2 nitrogen and oxygen atoms in total. The van der Waals surface area contributed by atoms with E-state index in [1.165, 1.54) is 16.5 Å². The van der Waals surface area contributed by atoms with E-state index >= 15 is 0 Å². The number of aryl methyl sites for hydroxylation is 2. The predicted molar refractivity (Wildman–Crippen MR) is 59.5 cm³/mol. The van der Waals surface area contributed by atoms with Crippen LogP contribution in [0.25, 0.3) is 10.9 Å². The molecular weight excluding hydrogens is 172 g/mol. The van der Waals surface area contributed by atoms with Crippen LogP contribution in [0.15, 0.2) is 18.3 Å². The molecule has 0 aliphatic heterocycles. The molecule has 0 atom stereocenters. The van der Waals surface area contributed by atoms with Gasteiger partial charge < -0.3 is 0 Å². The third kappa shape index (κ3) is 1.31. The Morgan fingerprint density at radius 2 is 2.00 bits per heavy atom. The second kappa shape index (κ2) is 3.12. The van der Waals surface area contributed by atoms with Crippen LogP contribution in [0.4, 0.5) is 0 Å². The van der Waals surface area contributed by atoms with Gasteiger partial charge in [0.2, 0.25) is 0 Å². The van der Waals surface area contributed by atoms with Crippen molar-refractivity contribution in [1.29, 1.82) is 0 Å². The Morgan fingerprint density at radius 3 is 2.64 bits per heavy atom. The highest BCUT2D eigenvalue weighted by atomic mass is 15.2. The highest BCUT2D eigenvalue weighted by molar-refractivity contribution is 5.82. The van der Waals surface area contributed by atoms with Crippen molar-refractivity contribution in [3.63, 3.8) is 0 Å². The third-order valence-electron chi connectivity index (χ3n) is 2.74. The summed E-state index contributed by atoms with van der Waals surface area (Å²) in [4.78, 5) is 0. The van der Waals surface area contributed by atoms with Gasteiger partial charge in [0, 0.05) is 18.6 Å². The molecule has 74 valence electrons. The van der Waals surface area contributed by atoms with Gasteiger partial charge >= 0.3 is 0 Å². The molecule has 0 saturated carbocycles. The van der Waals surface area contributed by atoms with Gasteiger partial charge in [0.15, 0.2) is 0 Å². The second-order valence-corrected chi connectivity index (χ2v) is 4.17. The molecule has 0 N–H and O–H groups in total. The third-order valence-corrected chi connectivity index (χ3v) is 2.74. The van der Waals surface area contributed by atoms with Crippen molar-refractivity contribution in [2.24, 2.45) is 7.05 Å². The topological polar surface area (TPSA) is 17.8 Å². The van der Waals surface area contributed by atoms with Crippen LogP contribution in [-0.2, 0) is 7.05 Å². The van der Waals surface area contributed by atoms with Gasteiger partial charge in [0.1, 0.15) is 0 Å². The fraction of sp³-hybridized carbons (Fsp3) is 0.417. The molecule has 0 bridgehead atoms. The van der Waals surface area contributed by atoms with Crippen molar-refractivity contribution in [3.8, 4) is 0 Å². The first-order valence-electron chi connectivity index (χ1n) is 5.02. The summed E-state index contributed by atoms with van der Waals surface area (Å²) in [5.41, 5.74) is 3.88.